The zero-order valence-corrected chi connectivity index (χ0v) is 21.1. The smallest absolute Gasteiger partial charge is 0.262 e. The van der Waals surface area contributed by atoms with Gasteiger partial charge in [-0.1, -0.05) is 25.1 Å². The van der Waals surface area contributed by atoms with E-state index in [1.807, 2.05) is 68.4 Å². The van der Waals surface area contributed by atoms with E-state index in [0.29, 0.717) is 24.3 Å². The number of aromatic nitrogens is 2. The van der Waals surface area contributed by atoms with Crippen LogP contribution in [-0.2, 0) is 14.6 Å². The Balaban J connectivity index is 1.72. The van der Waals surface area contributed by atoms with Gasteiger partial charge in [-0.15, -0.1) is 0 Å². The van der Waals surface area contributed by atoms with Crippen molar-refractivity contribution < 1.29 is 17.9 Å². The van der Waals surface area contributed by atoms with Gasteiger partial charge in [0, 0.05) is 23.4 Å². The summed E-state index contributed by atoms with van der Waals surface area (Å²) in [6.07, 6.45) is 4.52. The van der Waals surface area contributed by atoms with Crippen LogP contribution >= 0.6 is 0 Å². The van der Waals surface area contributed by atoms with E-state index in [1.165, 1.54) is 6.08 Å². The monoisotopic (exact) mass is 504 g/mol. The Morgan fingerprint density at radius 3 is 2.69 bits per heavy atom. The molecular formula is C27H28N4O4S. The summed E-state index contributed by atoms with van der Waals surface area (Å²) in [4.78, 5) is 12.8. The van der Waals surface area contributed by atoms with E-state index in [4.69, 9.17) is 9.84 Å². The first kappa shape index (κ1) is 25.2. The number of para-hydroxylation sites is 1. The molecule has 9 heteroatoms. The number of aryl methyl sites for hydroxylation is 1. The molecule has 0 aliphatic carbocycles. The van der Waals surface area contributed by atoms with Crippen LogP contribution in [0.15, 0.2) is 60.3 Å². The molecule has 0 saturated carbocycles. The molecular weight excluding hydrogens is 476 g/mol. The minimum Gasteiger partial charge on any atom is -0.494 e. The molecule has 36 heavy (non-hydrogen) atoms. The van der Waals surface area contributed by atoms with Gasteiger partial charge in [0.05, 0.1) is 23.8 Å². The van der Waals surface area contributed by atoms with Gasteiger partial charge < -0.3 is 10.1 Å². The molecule has 0 unspecified atom stereocenters. The predicted octanol–water partition coefficient (Wildman–Crippen LogP) is 3.85. The van der Waals surface area contributed by atoms with Crippen LogP contribution in [0, 0.1) is 18.3 Å². The lowest BCUT2D eigenvalue weighted by atomic mass is 10.0. The summed E-state index contributed by atoms with van der Waals surface area (Å²) >= 11 is 0. The number of carbonyl (C=O) groups excluding carboxylic acids is 1. The standard InChI is InChI=1S/C27H28N4O4S/c1-3-12-35-24-9-10-25(19(2)14-24)26-21(17-31(30-26)23-7-5-4-6-8-23)15-20(16-28)27(32)29-22-11-13-36(33,34)18-22/h4-10,14-15,17,22H,3,11-13,18H2,1-2H3,(H,29,32)/b20-15-/t22-/m1/s1. The lowest BCUT2D eigenvalue weighted by Gasteiger charge is -2.10. The van der Waals surface area contributed by atoms with E-state index in [1.54, 1.807) is 10.9 Å². The Morgan fingerprint density at radius 2 is 2.06 bits per heavy atom. The molecule has 4 rings (SSSR count). The van der Waals surface area contributed by atoms with E-state index in [2.05, 4.69) is 5.32 Å². The summed E-state index contributed by atoms with van der Waals surface area (Å²) in [5.41, 5.74) is 3.71. The molecule has 0 bridgehead atoms. The number of amides is 1. The number of nitrogens with zero attached hydrogens (tertiary/aromatic N) is 3. The molecule has 1 aliphatic rings. The van der Waals surface area contributed by atoms with Crippen LogP contribution in [0.2, 0.25) is 0 Å². The molecule has 1 saturated heterocycles. The number of hydrogen-bond donors (Lipinski definition) is 1. The molecule has 186 valence electrons. The lowest BCUT2D eigenvalue weighted by molar-refractivity contribution is -0.117. The predicted molar refractivity (Wildman–Crippen MR) is 138 cm³/mol. The Bertz CT molecular complexity index is 1440. The van der Waals surface area contributed by atoms with Crippen molar-refractivity contribution in [3.8, 4) is 28.8 Å². The molecule has 1 fully saturated rings. The Morgan fingerprint density at radius 1 is 1.28 bits per heavy atom. The van der Waals surface area contributed by atoms with Crippen LogP contribution in [0.4, 0.5) is 0 Å². The highest BCUT2D eigenvalue weighted by Gasteiger charge is 2.29. The summed E-state index contributed by atoms with van der Waals surface area (Å²) in [6, 6.07) is 16.8. The highest BCUT2D eigenvalue weighted by atomic mass is 32.2. The van der Waals surface area contributed by atoms with Crippen molar-refractivity contribution >= 4 is 21.8 Å². The largest absolute Gasteiger partial charge is 0.494 e. The zero-order chi connectivity index (χ0) is 25.7. The lowest BCUT2D eigenvalue weighted by Crippen LogP contribution is -2.36. The van der Waals surface area contributed by atoms with Crippen molar-refractivity contribution in [2.24, 2.45) is 0 Å². The summed E-state index contributed by atoms with van der Waals surface area (Å²) < 4.78 is 31.0. The first-order chi connectivity index (χ1) is 17.3. The van der Waals surface area contributed by atoms with E-state index in [0.717, 1.165) is 29.0 Å². The van der Waals surface area contributed by atoms with E-state index in [9.17, 15) is 18.5 Å². The minimum absolute atomic E-state index is 0.0365. The van der Waals surface area contributed by atoms with Gasteiger partial charge in [0.25, 0.3) is 5.91 Å². The summed E-state index contributed by atoms with van der Waals surface area (Å²) in [6.45, 7) is 4.63. The molecule has 3 aromatic rings. The van der Waals surface area contributed by atoms with Crippen LogP contribution < -0.4 is 10.1 Å². The van der Waals surface area contributed by atoms with Crippen LogP contribution in [-0.4, -0.2) is 48.3 Å². The van der Waals surface area contributed by atoms with Gasteiger partial charge in [-0.3, -0.25) is 4.79 Å². The highest BCUT2D eigenvalue weighted by molar-refractivity contribution is 7.91. The second-order valence-electron chi connectivity index (χ2n) is 8.78. The second kappa shape index (κ2) is 10.8. The van der Waals surface area contributed by atoms with Crippen molar-refractivity contribution in [2.45, 2.75) is 32.7 Å². The molecule has 2 heterocycles. The van der Waals surface area contributed by atoms with Gasteiger partial charge in [-0.25, -0.2) is 13.1 Å². The fourth-order valence-electron chi connectivity index (χ4n) is 4.10. The van der Waals surface area contributed by atoms with Gasteiger partial charge in [-0.05, 0) is 61.7 Å². The Kier molecular flexibility index (Phi) is 7.55. The van der Waals surface area contributed by atoms with E-state index in [-0.39, 0.29) is 17.1 Å². The molecule has 1 aliphatic heterocycles. The van der Waals surface area contributed by atoms with Crippen molar-refractivity contribution in [3.05, 3.63) is 71.4 Å². The molecule has 0 spiro atoms. The fraction of sp³-hybridized carbons (Fsp3) is 0.296. The van der Waals surface area contributed by atoms with Gasteiger partial charge in [0.15, 0.2) is 9.84 Å². The average molecular weight is 505 g/mol. The van der Waals surface area contributed by atoms with Crippen molar-refractivity contribution in [1.29, 1.82) is 5.26 Å². The van der Waals surface area contributed by atoms with Gasteiger partial charge in [0.2, 0.25) is 0 Å². The number of ether oxygens (including phenoxy) is 1. The maximum atomic E-state index is 12.8. The molecule has 1 amide bonds. The maximum absolute atomic E-state index is 12.8. The number of benzene rings is 2. The Hall–Kier alpha value is -3.90. The van der Waals surface area contributed by atoms with Crippen LogP contribution in [0.1, 0.15) is 30.9 Å². The van der Waals surface area contributed by atoms with E-state index >= 15 is 0 Å². The fourth-order valence-corrected chi connectivity index (χ4v) is 5.78. The summed E-state index contributed by atoms with van der Waals surface area (Å²) in [5.74, 6) is 0.0917. The Labute approximate surface area is 211 Å². The van der Waals surface area contributed by atoms with E-state index < -0.39 is 21.8 Å². The maximum Gasteiger partial charge on any atom is 0.262 e. The number of sulfone groups is 1. The topological polar surface area (TPSA) is 114 Å². The summed E-state index contributed by atoms with van der Waals surface area (Å²) in [5, 5.41) is 17.2. The quantitative estimate of drug-likeness (QED) is 0.368. The normalized spacial score (nSPS) is 16.9. The summed E-state index contributed by atoms with van der Waals surface area (Å²) in [7, 11) is -3.16. The second-order valence-corrected chi connectivity index (χ2v) is 11.0. The third-order valence-electron chi connectivity index (χ3n) is 5.92. The molecule has 1 aromatic heterocycles. The molecule has 8 nitrogen and oxygen atoms in total. The van der Waals surface area contributed by atoms with Gasteiger partial charge in [-0.2, -0.15) is 10.4 Å². The zero-order valence-electron chi connectivity index (χ0n) is 20.3. The first-order valence-corrected chi connectivity index (χ1v) is 13.6. The first-order valence-electron chi connectivity index (χ1n) is 11.8. The van der Waals surface area contributed by atoms with Crippen molar-refractivity contribution in [3.63, 3.8) is 0 Å². The third-order valence-corrected chi connectivity index (χ3v) is 7.69. The highest BCUT2D eigenvalue weighted by Crippen LogP contribution is 2.31. The van der Waals surface area contributed by atoms with Crippen LogP contribution in [0.25, 0.3) is 23.0 Å². The number of carbonyl (C=O) groups is 1. The minimum atomic E-state index is -3.16. The number of rotatable bonds is 8. The number of nitrogens with one attached hydrogen (secondary N) is 1. The van der Waals surface area contributed by atoms with Crippen LogP contribution in [0.5, 0.6) is 5.75 Å². The third kappa shape index (κ3) is 5.83. The van der Waals surface area contributed by atoms with Crippen molar-refractivity contribution in [2.75, 3.05) is 18.1 Å². The molecule has 1 N–H and O–H groups in total. The average Bonchev–Trinajstić information content (AvgIpc) is 3.44. The van der Waals surface area contributed by atoms with Gasteiger partial charge >= 0.3 is 0 Å². The molecule has 2 aromatic carbocycles. The number of hydrogen-bond acceptors (Lipinski definition) is 6. The molecule has 0 radical (unpaired) electrons. The van der Waals surface area contributed by atoms with Crippen molar-refractivity contribution in [1.82, 2.24) is 15.1 Å². The SMILES string of the molecule is CCCOc1ccc(-c2nn(-c3ccccc3)cc2/C=C(/C#N)C(=O)N[C@@H]2CCS(=O)(=O)C2)c(C)c1. The number of nitriles is 1. The molecule has 1 atom stereocenters. The van der Waals surface area contributed by atoms with Crippen LogP contribution in [0.3, 0.4) is 0 Å². The van der Waals surface area contributed by atoms with Gasteiger partial charge in [0.1, 0.15) is 23.1 Å².